The van der Waals surface area contributed by atoms with Crippen LogP contribution >= 0.6 is 0 Å². The zero-order valence-electron chi connectivity index (χ0n) is 12.6. The first-order valence-electron chi connectivity index (χ1n) is 6.69. The summed E-state index contributed by atoms with van der Waals surface area (Å²) in [5.74, 6) is 0.457. The Balaban J connectivity index is 2.52. The summed E-state index contributed by atoms with van der Waals surface area (Å²) < 4.78 is 6.97. The largest absolute Gasteiger partial charge is 0.493 e. The second-order valence-corrected chi connectivity index (χ2v) is 5.23. The second kappa shape index (κ2) is 5.49. The van der Waals surface area contributed by atoms with Crippen LogP contribution in [0.1, 0.15) is 47.1 Å². The molecule has 0 spiro atoms. The molecule has 0 bridgehead atoms. The number of ketones is 1. The van der Waals surface area contributed by atoms with Crippen LogP contribution in [0.15, 0.2) is 24.4 Å². The standard InChI is InChI=1S/C16H20N2O2/c1-10(2)18-15(14(20-5)9-17-18)16(19)13-7-6-11(3)12(4)8-13/h6-10H,1-5H3. The van der Waals surface area contributed by atoms with Gasteiger partial charge in [-0.05, 0) is 44.9 Å². The van der Waals surface area contributed by atoms with Gasteiger partial charge in [0.2, 0.25) is 5.78 Å². The quantitative estimate of drug-likeness (QED) is 0.802. The van der Waals surface area contributed by atoms with Crippen molar-refractivity contribution in [3.8, 4) is 5.75 Å². The Morgan fingerprint density at radius 3 is 2.50 bits per heavy atom. The van der Waals surface area contributed by atoms with Crippen molar-refractivity contribution in [1.82, 2.24) is 9.78 Å². The lowest BCUT2D eigenvalue weighted by Gasteiger charge is -2.12. The number of aryl methyl sites for hydroxylation is 2. The molecule has 20 heavy (non-hydrogen) atoms. The summed E-state index contributed by atoms with van der Waals surface area (Å²) in [5.41, 5.74) is 3.44. The number of nitrogens with zero attached hydrogens (tertiary/aromatic N) is 2. The van der Waals surface area contributed by atoms with Gasteiger partial charge in [0.05, 0.1) is 13.3 Å². The van der Waals surface area contributed by atoms with Crippen LogP contribution in [0.25, 0.3) is 0 Å². The highest BCUT2D eigenvalue weighted by atomic mass is 16.5. The van der Waals surface area contributed by atoms with E-state index in [2.05, 4.69) is 5.10 Å². The van der Waals surface area contributed by atoms with Crippen LogP contribution in [0.5, 0.6) is 5.75 Å². The number of carbonyl (C=O) groups excluding carboxylic acids is 1. The number of carbonyl (C=O) groups is 1. The Morgan fingerprint density at radius 2 is 1.95 bits per heavy atom. The van der Waals surface area contributed by atoms with Crippen LogP contribution in [0.2, 0.25) is 0 Å². The predicted molar refractivity (Wildman–Crippen MR) is 78.5 cm³/mol. The van der Waals surface area contributed by atoms with Gasteiger partial charge < -0.3 is 4.74 Å². The van der Waals surface area contributed by atoms with Gasteiger partial charge in [-0.1, -0.05) is 12.1 Å². The van der Waals surface area contributed by atoms with Crippen molar-refractivity contribution in [1.29, 1.82) is 0 Å². The van der Waals surface area contributed by atoms with E-state index in [1.807, 2.05) is 45.9 Å². The number of ether oxygens (including phenoxy) is 1. The minimum atomic E-state index is -0.0591. The smallest absolute Gasteiger partial charge is 0.214 e. The van der Waals surface area contributed by atoms with Gasteiger partial charge in [-0.2, -0.15) is 5.10 Å². The monoisotopic (exact) mass is 272 g/mol. The van der Waals surface area contributed by atoms with E-state index in [0.29, 0.717) is 17.0 Å². The van der Waals surface area contributed by atoms with Crippen molar-refractivity contribution in [2.75, 3.05) is 7.11 Å². The molecule has 106 valence electrons. The number of benzene rings is 1. The van der Waals surface area contributed by atoms with Crippen LogP contribution in [0, 0.1) is 13.8 Å². The van der Waals surface area contributed by atoms with Crippen molar-refractivity contribution >= 4 is 5.78 Å². The van der Waals surface area contributed by atoms with Crippen molar-refractivity contribution in [3.05, 3.63) is 46.8 Å². The number of hydrogen-bond acceptors (Lipinski definition) is 3. The molecule has 0 radical (unpaired) electrons. The molecule has 0 amide bonds. The zero-order valence-corrected chi connectivity index (χ0v) is 12.6. The van der Waals surface area contributed by atoms with Gasteiger partial charge in [-0.3, -0.25) is 9.48 Å². The zero-order chi connectivity index (χ0) is 14.9. The van der Waals surface area contributed by atoms with Gasteiger partial charge in [0.25, 0.3) is 0 Å². The molecule has 0 fully saturated rings. The van der Waals surface area contributed by atoms with Gasteiger partial charge in [0.15, 0.2) is 11.4 Å². The number of rotatable bonds is 4. The first kappa shape index (κ1) is 14.3. The maximum Gasteiger partial charge on any atom is 0.214 e. The van der Waals surface area contributed by atoms with E-state index in [-0.39, 0.29) is 11.8 Å². The minimum absolute atomic E-state index is 0.0591. The molecular formula is C16H20N2O2. The topological polar surface area (TPSA) is 44.1 Å². The molecule has 2 rings (SSSR count). The first-order valence-corrected chi connectivity index (χ1v) is 6.69. The Labute approximate surface area is 119 Å². The lowest BCUT2D eigenvalue weighted by molar-refractivity contribution is 0.102. The van der Waals surface area contributed by atoms with Crippen molar-refractivity contribution in [3.63, 3.8) is 0 Å². The first-order chi connectivity index (χ1) is 9.45. The summed E-state index contributed by atoms with van der Waals surface area (Å²) in [6.07, 6.45) is 1.59. The molecule has 4 nitrogen and oxygen atoms in total. The van der Waals surface area contributed by atoms with Gasteiger partial charge >= 0.3 is 0 Å². The normalized spacial score (nSPS) is 10.9. The molecular weight excluding hydrogens is 252 g/mol. The highest BCUT2D eigenvalue weighted by Crippen LogP contribution is 2.24. The van der Waals surface area contributed by atoms with Crippen LogP contribution in [0.3, 0.4) is 0 Å². The van der Waals surface area contributed by atoms with Crippen molar-refractivity contribution in [2.24, 2.45) is 0 Å². The molecule has 4 heteroatoms. The molecule has 1 heterocycles. The average Bonchev–Trinajstić information content (AvgIpc) is 2.85. The van der Waals surface area contributed by atoms with Gasteiger partial charge in [-0.15, -0.1) is 0 Å². The summed E-state index contributed by atoms with van der Waals surface area (Å²) in [6.45, 7) is 8.01. The maximum atomic E-state index is 12.7. The predicted octanol–water partition coefficient (Wildman–Crippen LogP) is 3.32. The maximum absolute atomic E-state index is 12.7. The lowest BCUT2D eigenvalue weighted by atomic mass is 10.0. The van der Waals surface area contributed by atoms with Crippen LogP contribution in [0.4, 0.5) is 0 Å². The third-order valence-electron chi connectivity index (χ3n) is 3.46. The minimum Gasteiger partial charge on any atom is -0.493 e. The molecule has 0 saturated carbocycles. The van der Waals surface area contributed by atoms with Crippen molar-refractivity contribution < 1.29 is 9.53 Å². The van der Waals surface area contributed by atoms with Gasteiger partial charge in [0.1, 0.15) is 0 Å². The van der Waals surface area contributed by atoms with Crippen LogP contribution in [-0.2, 0) is 0 Å². The van der Waals surface area contributed by atoms with E-state index in [9.17, 15) is 4.79 Å². The van der Waals surface area contributed by atoms with Crippen LogP contribution < -0.4 is 4.74 Å². The molecule has 0 atom stereocenters. The Kier molecular flexibility index (Phi) is 3.93. The van der Waals surface area contributed by atoms with E-state index in [0.717, 1.165) is 5.56 Å². The fourth-order valence-corrected chi connectivity index (χ4v) is 2.12. The van der Waals surface area contributed by atoms with Gasteiger partial charge in [-0.25, -0.2) is 0 Å². The molecule has 0 aliphatic heterocycles. The molecule has 0 aliphatic carbocycles. The third kappa shape index (κ3) is 2.46. The average molecular weight is 272 g/mol. The molecule has 1 aromatic carbocycles. The summed E-state index contributed by atoms with van der Waals surface area (Å²) in [7, 11) is 1.55. The van der Waals surface area contributed by atoms with Crippen molar-refractivity contribution in [2.45, 2.75) is 33.7 Å². The number of aromatic nitrogens is 2. The van der Waals surface area contributed by atoms with Crippen LogP contribution in [-0.4, -0.2) is 22.7 Å². The number of methoxy groups -OCH3 is 1. The summed E-state index contributed by atoms with van der Waals surface area (Å²) in [6, 6.07) is 5.83. The third-order valence-corrected chi connectivity index (χ3v) is 3.46. The van der Waals surface area contributed by atoms with Gasteiger partial charge in [0, 0.05) is 11.6 Å². The fourth-order valence-electron chi connectivity index (χ4n) is 2.12. The Hall–Kier alpha value is -2.10. The second-order valence-electron chi connectivity index (χ2n) is 5.23. The van der Waals surface area contributed by atoms with E-state index < -0.39 is 0 Å². The molecule has 0 N–H and O–H groups in total. The van der Waals surface area contributed by atoms with E-state index in [4.69, 9.17) is 4.74 Å². The fraction of sp³-hybridized carbons (Fsp3) is 0.375. The SMILES string of the molecule is COc1cnn(C(C)C)c1C(=O)c1ccc(C)c(C)c1. The molecule has 0 unspecified atom stereocenters. The molecule has 0 aliphatic rings. The summed E-state index contributed by atoms with van der Waals surface area (Å²) in [4.78, 5) is 12.7. The Bertz CT molecular complexity index is 642. The van der Waals surface area contributed by atoms with E-state index >= 15 is 0 Å². The molecule has 0 saturated heterocycles. The molecule has 2 aromatic rings. The summed E-state index contributed by atoms with van der Waals surface area (Å²) >= 11 is 0. The lowest BCUT2D eigenvalue weighted by Crippen LogP contribution is -2.14. The highest BCUT2D eigenvalue weighted by Gasteiger charge is 2.22. The van der Waals surface area contributed by atoms with E-state index in [1.165, 1.54) is 5.56 Å². The highest BCUT2D eigenvalue weighted by molar-refractivity contribution is 6.09. The number of hydrogen-bond donors (Lipinski definition) is 0. The summed E-state index contributed by atoms with van der Waals surface area (Å²) in [5, 5.41) is 4.24. The van der Waals surface area contributed by atoms with E-state index in [1.54, 1.807) is 18.0 Å². The Morgan fingerprint density at radius 1 is 1.25 bits per heavy atom. The molecule has 1 aromatic heterocycles.